The van der Waals surface area contributed by atoms with E-state index in [0.717, 1.165) is 19.4 Å². The third-order valence-corrected chi connectivity index (χ3v) is 3.83. The second kappa shape index (κ2) is 12.0. The molecule has 1 aromatic carbocycles. The maximum atomic E-state index is 5.89. The van der Waals surface area contributed by atoms with E-state index < -0.39 is 0 Å². The molecular weight excluding hydrogens is 244 g/mol. The van der Waals surface area contributed by atoms with Gasteiger partial charge in [-0.15, -0.1) is 0 Å². The van der Waals surface area contributed by atoms with Crippen LogP contribution in [0.15, 0.2) is 30.3 Å². The molecule has 20 heavy (non-hydrogen) atoms. The molecule has 0 saturated heterocycles. The van der Waals surface area contributed by atoms with Gasteiger partial charge in [0.05, 0.1) is 6.10 Å². The van der Waals surface area contributed by atoms with Crippen molar-refractivity contribution in [1.82, 2.24) is 0 Å². The molecular formula is C19H32O. The van der Waals surface area contributed by atoms with Gasteiger partial charge in [-0.25, -0.2) is 0 Å². The fraction of sp³-hybridized carbons (Fsp3) is 0.684. The molecule has 0 aromatic heterocycles. The van der Waals surface area contributed by atoms with E-state index in [2.05, 4.69) is 44.2 Å². The van der Waals surface area contributed by atoms with Crippen molar-refractivity contribution in [2.45, 2.75) is 77.7 Å². The van der Waals surface area contributed by atoms with Gasteiger partial charge in [0.1, 0.15) is 0 Å². The number of benzene rings is 1. The van der Waals surface area contributed by atoms with Crippen LogP contribution in [-0.2, 0) is 11.2 Å². The molecule has 0 bridgehead atoms. The van der Waals surface area contributed by atoms with Crippen LogP contribution >= 0.6 is 0 Å². The van der Waals surface area contributed by atoms with Crippen molar-refractivity contribution < 1.29 is 4.74 Å². The Bertz CT molecular complexity index is 307. The first-order valence-electron chi connectivity index (χ1n) is 8.48. The van der Waals surface area contributed by atoms with Crippen molar-refractivity contribution in [2.24, 2.45) is 0 Å². The summed E-state index contributed by atoms with van der Waals surface area (Å²) in [4.78, 5) is 0. The Labute approximate surface area is 125 Å². The number of unbranched alkanes of at least 4 members (excludes halogenated alkanes) is 6. The zero-order chi connectivity index (χ0) is 14.5. The summed E-state index contributed by atoms with van der Waals surface area (Å²) in [7, 11) is 0. The number of hydrogen-bond donors (Lipinski definition) is 0. The van der Waals surface area contributed by atoms with Gasteiger partial charge in [0.25, 0.3) is 0 Å². The van der Waals surface area contributed by atoms with Crippen molar-refractivity contribution in [3.8, 4) is 0 Å². The smallest absolute Gasteiger partial charge is 0.0550 e. The molecule has 1 aromatic rings. The highest BCUT2D eigenvalue weighted by Crippen LogP contribution is 2.10. The quantitative estimate of drug-likeness (QED) is 0.440. The Hall–Kier alpha value is -0.820. The molecule has 0 aliphatic carbocycles. The van der Waals surface area contributed by atoms with Gasteiger partial charge >= 0.3 is 0 Å². The molecule has 1 atom stereocenters. The third-order valence-electron chi connectivity index (χ3n) is 3.83. The summed E-state index contributed by atoms with van der Waals surface area (Å²) >= 11 is 0. The van der Waals surface area contributed by atoms with Crippen molar-refractivity contribution in [2.75, 3.05) is 6.61 Å². The summed E-state index contributed by atoms with van der Waals surface area (Å²) < 4.78 is 5.89. The first-order valence-corrected chi connectivity index (χ1v) is 8.48. The van der Waals surface area contributed by atoms with E-state index in [1.54, 1.807) is 0 Å². The normalized spacial score (nSPS) is 12.5. The van der Waals surface area contributed by atoms with Gasteiger partial charge in [0.2, 0.25) is 0 Å². The largest absolute Gasteiger partial charge is 0.378 e. The van der Waals surface area contributed by atoms with Crippen molar-refractivity contribution >= 4 is 0 Å². The molecule has 1 nitrogen and oxygen atoms in total. The lowest BCUT2D eigenvalue weighted by Gasteiger charge is -2.13. The van der Waals surface area contributed by atoms with Crippen molar-refractivity contribution in [1.29, 1.82) is 0 Å². The Kier molecular flexibility index (Phi) is 10.3. The van der Waals surface area contributed by atoms with Gasteiger partial charge < -0.3 is 4.74 Å². The summed E-state index contributed by atoms with van der Waals surface area (Å²) in [6, 6.07) is 10.7. The van der Waals surface area contributed by atoms with Crippen LogP contribution in [0, 0.1) is 0 Å². The fourth-order valence-electron chi connectivity index (χ4n) is 2.44. The standard InChI is InChI=1S/C19H32O/c1-3-4-5-6-7-8-12-17-20-18(2)15-16-19-13-10-9-11-14-19/h9-11,13-14,18H,3-8,12,15-17H2,1-2H3. The van der Waals surface area contributed by atoms with E-state index in [9.17, 15) is 0 Å². The first kappa shape index (κ1) is 17.2. The van der Waals surface area contributed by atoms with Crippen molar-refractivity contribution in [3.63, 3.8) is 0 Å². The lowest BCUT2D eigenvalue weighted by atomic mass is 10.1. The zero-order valence-electron chi connectivity index (χ0n) is 13.4. The summed E-state index contributed by atoms with van der Waals surface area (Å²) in [5.41, 5.74) is 1.42. The van der Waals surface area contributed by atoms with E-state index >= 15 is 0 Å². The van der Waals surface area contributed by atoms with Crippen molar-refractivity contribution in [3.05, 3.63) is 35.9 Å². The van der Waals surface area contributed by atoms with E-state index in [4.69, 9.17) is 4.74 Å². The SMILES string of the molecule is CCCCCCCCCOC(C)CCc1ccccc1. The Balaban J connectivity index is 1.91. The molecule has 0 N–H and O–H groups in total. The molecule has 1 unspecified atom stereocenters. The Morgan fingerprint density at radius 2 is 1.55 bits per heavy atom. The third kappa shape index (κ3) is 9.14. The van der Waals surface area contributed by atoms with E-state index in [-0.39, 0.29) is 0 Å². The molecule has 1 heteroatoms. The Morgan fingerprint density at radius 3 is 2.25 bits per heavy atom. The monoisotopic (exact) mass is 276 g/mol. The summed E-state index contributed by atoms with van der Waals surface area (Å²) in [6.07, 6.45) is 12.1. The number of aryl methyl sites for hydroxylation is 1. The van der Waals surface area contributed by atoms with Crippen LogP contribution in [0.25, 0.3) is 0 Å². The van der Waals surface area contributed by atoms with Crippen LogP contribution in [0.4, 0.5) is 0 Å². The Morgan fingerprint density at radius 1 is 0.900 bits per heavy atom. The average molecular weight is 276 g/mol. The zero-order valence-corrected chi connectivity index (χ0v) is 13.4. The molecule has 0 aliphatic rings. The van der Waals surface area contributed by atoms with Crippen LogP contribution in [0.3, 0.4) is 0 Å². The van der Waals surface area contributed by atoms with Crippen LogP contribution in [-0.4, -0.2) is 12.7 Å². The van der Waals surface area contributed by atoms with E-state index in [1.165, 1.54) is 50.5 Å². The lowest BCUT2D eigenvalue weighted by molar-refractivity contribution is 0.0577. The second-order valence-electron chi connectivity index (χ2n) is 5.83. The molecule has 0 saturated carbocycles. The van der Waals surface area contributed by atoms with Crippen LogP contribution < -0.4 is 0 Å². The van der Waals surface area contributed by atoms with E-state index in [0.29, 0.717) is 6.10 Å². The number of hydrogen-bond acceptors (Lipinski definition) is 1. The summed E-state index contributed by atoms with van der Waals surface area (Å²) in [5.74, 6) is 0. The van der Waals surface area contributed by atoms with Crippen LogP contribution in [0.5, 0.6) is 0 Å². The summed E-state index contributed by atoms with van der Waals surface area (Å²) in [5, 5.41) is 0. The first-order chi connectivity index (χ1) is 9.83. The highest BCUT2D eigenvalue weighted by atomic mass is 16.5. The molecule has 114 valence electrons. The minimum atomic E-state index is 0.385. The van der Waals surface area contributed by atoms with E-state index in [1.807, 2.05) is 0 Å². The lowest BCUT2D eigenvalue weighted by Crippen LogP contribution is -2.10. The fourth-order valence-corrected chi connectivity index (χ4v) is 2.44. The van der Waals surface area contributed by atoms with Gasteiger partial charge in [-0.1, -0.05) is 75.8 Å². The van der Waals surface area contributed by atoms with Crippen LogP contribution in [0.1, 0.15) is 70.8 Å². The van der Waals surface area contributed by atoms with Gasteiger partial charge in [0.15, 0.2) is 0 Å². The minimum absolute atomic E-state index is 0.385. The average Bonchev–Trinajstić information content (AvgIpc) is 2.49. The van der Waals surface area contributed by atoms with Gasteiger partial charge in [0, 0.05) is 6.61 Å². The maximum absolute atomic E-state index is 5.89. The highest BCUT2D eigenvalue weighted by molar-refractivity contribution is 5.14. The molecule has 0 radical (unpaired) electrons. The molecule has 0 fully saturated rings. The predicted octanol–water partition coefficient (Wildman–Crippen LogP) is 5.77. The highest BCUT2D eigenvalue weighted by Gasteiger charge is 2.02. The molecule has 0 amide bonds. The topological polar surface area (TPSA) is 9.23 Å². The number of ether oxygens (including phenoxy) is 1. The van der Waals surface area contributed by atoms with Gasteiger partial charge in [-0.3, -0.25) is 0 Å². The molecule has 1 rings (SSSR count). The molecule has 0 heterocycles. The molecule has 0 spiro atoms. The van der Waals surface area contributed by atoms with Gasteiger partial charge in [-0.05, 0) is 31.7 Å². The number of rotatable bonds is 12. The van der Waals surface area contributed by atoms with Gasteiger partial charge in [-0.2, -0.15) is 0 Å². The minimum Gasteiger partial charge on any atom is -0.378 e. The predicted molar refractivity (Wildman–Crippen MR) is 88.2 cm³/mol. The maximum Gasteiger partial charge on any atom is 0.0550 e. The molecule has 0 aliphatic heterocycles. The second-order valence-corrected chi connectivity index (χ2v) is 5.83. The van der Waals surface area contributed by atoms with Crippen LogP contribution in [0.2, 0.25) is 0 Å². The summed E-state index contributed by atoms with van der Waals surface area (Å²) in [6.45, 7) is 5.40.